The Labute approximate surface area is 165 Å². The number of sulfonamides is 1. The van der Waals surface area contributed by atoms with Gasteiger partial charge in [0.15, 0.2) is 0 Å². The Bertz CT molecular complexity index is 915. The fourth-order valence-corrected chi connectivity index (χ4v) is 4.38. The first-order valence-corrected chi connectivity index (χ1v) is 10.3. The van der Waals surface area contributed by atoms with Crippen molar-refractivity contribution in [3.8, 4) is 6.01 Å². The van der Waals surface area contributed by atoms with Gasteiger partial charge in [-0.05, 0) is 43.9 Å². The second kappa shape index (κ2) is 8.22. The second-order valence-electron chi connectivity index (χ2n) is 6.42. The van der Waals surface area contributed by atoms with Crippen LogP contribution in [-0.2, 0) is 16.2 Å². The normalized spacial score (nSPS) is 20.7. The van der Waals surface area contributed by atoms with E-state index in [0.717, 1.165) is 18.2 Å². The molecular formula is C17H17ClF3N3O3S. The zero-order valence-electron chi connectivity index (χ0n) is 14.5. The van der Waals surface area contributed by atoms with Crippen molar-refractivity contribution in [2.75, 3.05) is 0 Å². The van der Waals surface area contributed by atoms with Crippen LogP contribution in [0.25, 0.3) is 0 Å². The molecule has 0 aliphatic heterocycles. The van der Waals surface area contributed by atoms with E-state index in [-0.39, 0.29) is 18.2 Å². The summed E-state index contributed by atoms with van der Waals surface area (Å²) >= 11 is 5.71. The minimum atomic E-state index is -4.61. The van der Waals surface area contributed by atoms with E-state index >= 15 is 0 Å². The van der Waals surface area contributed by atoms with E-state index in [2.05, 4.69) is 14.7 Å². The fraction of sp³-hybridized carbons (Fsp3) is 0.412. The molecule has 0 unspecified atom stereocenters. The summed E-state index contributed by atoms with van der Waals surface area (Å²) in [5.74, 6) is 0. The van der Waals surface area contributed by atoms with Gasteiger partial charge in [-0.25, -0.2) is 23.1 Å². The molecule has 0 bridgehead atoms. The predicted molar refractivity (Wildman–Crippen MR) is 95.5 cm³/mol. The number of halogens is 4. The highest BCUT2D eigenvalue weighted by Gasteiger charge is 2.32. The molecule has 1 aliphatic rings. The maximum absolute atomic E-state index is 12.8. The Balaban J connectivity index is 1.58. The number of ether oxygens (including phenoxy) is 1. The quantitative estimate of drug-likeness (QED) is 0.772. The van der Waals surface area contributed by atoms with Crippen molar-refractivity contribution < 1.29 is 26.3 Å². The topological polar surface area (TPSA) is 81.2 Å². The van der Waals surface area contributed by atoms with Crippen molar-refractivity contribution in [1.82, 2.24) is 14.7 Å². The lowest BCUT2D eigenvalue weighted by molar-refractivity contribution is -0.137. The molecule has 3 rings (SSSR count). The molecule has 1 aromatic carbocycles. The van der Waals surface area contributed by atoms with Crippen molar-refractivity contribution in [2.45, 2.75) is 48.9 Å². The summed E-state index contributed by atoms with van der Waals surface area (Å²) in [6.07, 6.45) is 0.133. The van der Waals surface area contributed by atoms with Crippen molar-refractivity contribution in [1.29, 1.82) is 0 Å². The lowest BCUT2D eigenvalue weighted by Gasteiger charge is -2.28. The minimum absolute atomic E-state index is 0.171. The Kier molecular flexibility index (Phi) is 6.11. The molecule has 1 N–H and O–H groups in total. The Morgan fingerprint density at radius 2 is 1.75 bits per heavy atom. The van der Waals surface area contributed by atoms with E-state index < -0.39 is 26.7 Å². The summed E-state index contributed by atoms with van der Waals surface area (Å²) in [4.78, 5) is 7.49. The number of hydrogen-bond acceptors (Lipinski definition) is 5. The highest BCUT2D eigenvalue weighted by atomic mass is 35.5. The van der Waals surface area contributed by atoms with Crippen LogP contribution in [0, 0.1) is 0 Å². The minimum Gasteiger partial charge on any atom is -0.460 e. The average molecular weight is 436 g/mol. The van der Waals surface area contributed by atoms with Gasteiger partial charge in [0.2, 0.25) is 10.0 Å². The molecule has 6 nitrogen and oxygen atoms in total. The molecule has 1 saturated carbocycles. The molecule has 1 aliphatic carbocycles. The van der Waals surface area contributed by atoms with Crippen LogP contribution < -0.4 is 9.46 Å². The van der Waals surface area contributed by atoms with Crippen LogP contribution in [0.3, 0.4) is 0 Å². The van der Waals surface area contributed by atoms with Crippen LogP contribution in [0.2, 0.25) is 5.02 Å². The lowest BCUT2D eigenvalue weighted by Crippen LogP contribution is -2.39. The van der Waals surface area contributed by atoms with E-state index in [1.165, 1.54) is 12.4 Å². The SMILES string of the molecule is O=S(=O)(NC1CCC(Oc2ncc(Cl)cn2)CC1)c1cccc(C(F)(F)F)c1. The van der Waals surface area contributed by atoms with E-state index in [0.29, 0.717) is 36.8 Å². The molecule has 0 atom stereocenters. The molecular weight excluding hydrogens is 419 g/mol. The zero-order chi connectivity index (χ0) is 20.4. The van der Waals surface area contributed by atoms with Crippen LogP contribution in [-0.4, -0.2) is 30.5 Å². The number of hydrogen-bond donors (Lipinski definition) is 1. The summed E-state index contributed by atoms with van der Waals surface area (Å²) in [5, 5.41) is 0.389. The van der Waals surface area contributed by atoms with E-state index in [1.807, 2.05) is 0 Å². The zero-order valence-corrected chi connectivity index (χ0v) is 16.1. The number of aromatic nitrogens is 2. The van der Waals surface area contributed by atoms with Crippen LogP contribution >= 0.6 is 11.6 Å². The fourth-order valence-electron chi connectivity index (χ4n) is 2.94. The van der Waals surface area contributed by atoms with Crippen LogP contribution in [0.5, 0.6) is 6.01 Å². The van der Waals surface area contributed by atoms with Gasteiger partial charge < -0.3 is 4.74 Å². The smallest absolute Gasteiger partial charge is 0.416 e. The molecule has 0 saturated heterocycles. The van der Waals surface area contributed by atoms with E-state index in [9.17, 15) is 21.6 Å². The van der Waals surface area contributed by atoms with Gasteiger partial charge in [0, 0.05) is 6.04 Å². The van der Waals surface area contributed by atoms with E-state index in [4.69, 9.17) is 16.3 Å². The molecule has 0 radical (unpaired) electrons. The number of benzene rings is 1. The molecule has 2 aromatic rings. The molecule has 1 fully saturated rings. The number of alkyl halides is 3. The standard InChI is InChI=1S/C17H17ClF3N3O3S/c18-12-9-22-16(23-10-12)27-14-6-4-13(5-7-14)24-28(25,26)15-3-1-2-11(8-15)17(19,20)21/h1-3,8-10,13-14,24H,4-7H2. The van der Waals surface area contributed by atoms with Gasteiger partial charge in [-0.2, -0.15) is 13.2 Å². The molecule has 0 spiro atoms. The molecule has 28 heavy (non-hydrogen) atoms. The third-order valence-electron chi connectivity index (χ3n) is 4.34. The first-order valence-electron chi connectivity index (χ1n) is 8.47. The highest BCUT2D eigenvalue weighted by molar-refractivity contribution is 7.89. The van der Waals surface area contributed by atoms with Crippen molar-refractivity contribution >= 4 is 21.6 Å². The van der Waals surface area contributed by atoms with Crippen LogP contribution in [0.4, 0.5) is 13.2 Å². The summed E-state index contributed by atoms with van der Waals surface area (Å²) in [6.45, 7) is 0. The molecule has 11 heteroatoms. The third-order valence-corrected chi connectivity index (χ3v) is 6.05. The maximum Gasteiger partial charge on any atom is 0.416 e. The molecule has 1 heterocycles. The molecule has 152 valence electrons. The number of rotatable bonds is 5. The number of nitrogens with one attached hydrogen (secondary N) is 1. The second-order valence-corrected chi connectivity index (χ2v) is 8.57. The first-order chi connectivity index (χ1) is 13.1. The van der Waals surface area contributed by atoms with Crippen LogP contribution in [0.15, 0.2) is 41.6 Å². The average Bonchev–Trinajstić information content (AvgIpc) is 2.64. The third kappa shape index (κ3) is 5.33. The summed E-state index contributed by atoms with van der Waals surface area (Å²) in [6, 6.07) is 3.50. The Morgan fingerprint density at radius 3 is 2.36 bits per heavy atom. The van der Waals surface area contributed by atoms with Crippen molar-refractivity contribution in [2.24, 2.45) is 0 Å². The van der Waals surface area contributed by atoms with Gasteiger partial charge in [0.1, 0.15) is 6.10 Å². The molecule has 0 amide bonds. The van der Waals surface area contributed by atoms with Gasteiger partial charge in [0.25, 0.3) is 0 Å². The van der Waals surface area contributed by atoms with E-state index in [1.54, 1.807) is 0 Å². The number of nitrogens with zero attached hydrogens (tertiary/aromatic N) is 2. The van der Waals surface area contributed by atoms with Crippen molar-refractivity contribution in [3.05, 3.63) is 47.2 Å². The largest absolute Gasteiger partial charge is 0.460 e. The predicted octanol–water partition coefficient (Wildman–Crippen LogP) is 3.82. The van der Waals surface area contributed by atoms with Gasteiger partial charge >= 0.3 is 12.2 Å². The lowest BCUT2D eigenvalue weighted by atomic mass is 9.94. The van der Waals surface area contributed by atoms with Gasteiger partial charge in [-0.15, -0.1) is 0 Å². The van der Waals surface area contributed by atoms with Gasteiger partial charge in [-0.3, -0.25) is 0 Å². The monoisotopic (exact) mass is 435 g/mol. The highest BCUT2D eigenvalue weighted by Crippen LogP contribution is 2.31. The van der Waals surface area contributed by atoms with Crippen LogP contribution in [0.1, 0.15) is 31.2 Å². The van der Waals surface area contributed by atoms with Crippen molar-refractivity contribution in [3.63, 3.8) is 0 Å². The van der Waals surface area contributed by atoms with Gasteiger partial charge in [0.05, 0.1) is 27.9 Å². The summed E-state index contributed by atoms with van der Waals surface area (Å²) < 4.78 is 71.4. The first kappa shape index (κ1) is 20.8. The van der Waals surface area contributed by atoms with Gasteiger partial charge in [-0.1, -0.05) is 17.7 Å². The summed E-state index contributed by atoms with van der Waals surface area (Å²) in [5.41, 5.74) is -1.00. The maximum atomic E-state index is 12.8. The Morgan fingerprint density at radius 1 is 1.11 bits per heavy atom. The molecule has 1 aromatic heterocycles. The summed E-state index contributed by atoms with van der Waals surface area (Å²) in [7, 11) is -4.05. The Hall–Kier alpha value is -1.91.